The van der Waals surface area contributed by atoms with Crippen LogP contribution in [0.15, 0.2) is 0 Å². The number of ether oxygens (including phenoxy) is 1. The van der Waals surface area contributed by atoms with Crippen molar-refractivity contribution in [1.82, 2.24) is 0 Å². The van der Waals surface area contributed by atoms with Gasteiger partial charge in [0.05, 0.1) is 13.0 Å². The van der Waals surface area contributed by atoms with Crippen molar-refractivity contribution >= 4 is 5.97 Å². The first kappa shape index (κ1) is 6.47. The van der Waals surface area contributed by atoms with Crippen molar-refractivity contribution in [3.05, 3.63) is 0 Å². The Balaban J connectivity index is 0. The highest BCUT2D eigenvalue weighted by Crippen LogP contribution is 1.91. The zero-order valence-corrected chi connectivity index (χ0v) is 4.89. The topological polar surface area (TPSA) is 26.3 Å². The van der Waals surface area contributed by atoms with E-state index in [1.165, 1.54) is 7.11 Å². The molecule has 0 amide bonds. The van der Waals surface area contributed by atoms with Gasteiger partial charge in [-0.25, -0.2) is 0 Å². The maximum absolute atomic E-state index is 10.3. The molecule has 0 rings (SSSR count). The van der Waals surface area contributed by atoms with E-state index in [-0.39, 0.29) is 13.3 Å². The molecule has 0 fully saturated rings. The predicted octanol–water partition coefficient (Wildman–Crippen LogP) is 1.06. The first-order valence-electron chi connectivity index (χ1n) is 2.26. The van der Waals surface area contributed by atoms with Gasteiger partial charge in [0.15, 0.2) is 0 Å². The molecule has 7 heavy (non-hydrogen) atoms. The molecule has 2 heteroatoms. The predicted molar refractivity (Wildman–Crippen MR) is 29.0 cm³/mol. The monoisotopic (exact) mass is 104 g/mol. The summed E-state index contributed by atoms with van der Waals surface area (Å²) < 4.78 is 4.37. The Morgan fingerprint density at radius 2 is 2.14 bits per heavy atom. The summed E-state index contributed by atoms with van der Waals surface area (Å²) in [6.07, 6.45) is 0. The standard InChI is InChI=1S/C5H10O2.H2/c1-4(2)5(6)7-3;/h4H,1-3H3;1H. The Kier molecular flexibility index (Phi) is 2.41. The third kappa shape index (κ3) is 2.20. The molecule has 0 aromatic heterocycles. The Morgan fingerprint density at radius 3 is 2.14 bits per heavy atom. The third-order valence-electron chi connectivity index (χ3n) is 0.673. The molecule has 0 aliphatic heterocycles. The lowest BCUT2D eigenvalue weighted by Gasteiger charge is -1.97. The van der Waals surface area contributed by atoms with E-state index in [2.05, 4.69) is 4.74 Å². The molecule has 0 aromatic carbocycles. The van der Waals surface area contributed by atoms with Gasteiger partial charge < -0.3 is 4.74 Å². The van der Waals surface area contributed by atoms with Crippen LogP contribution in [0, 0.1) is 5.92 Å². The van der Waals surface area contributed by atoms with Gasteiger partial charge in [-0.1, -0.05) is 13.8 Å². The smallest absolute Gasteiger partial charge is 0.308 e. The Labute approximate surface area is 45.0 Å². The lowest BCUT2D eigenvalue weighted by Crippen LogP contribution is -2.07. The molecule has 0 atom stereocenters. The van der Waals surface area contributed by atoms with Gasteiger partial charge in [0.1, 0.15) is 0 Å². The van der Waals surface area contributed by atoms with Crippen LogP contribution in [-0.4, -0.2) is 13.1 Å². The number of hydrogen-bond donors (Lipinski definition) is 0. The van der Waals surface area contributed by atoms with Crippen LogP contribution in [0.3, 0.4) is 0 Å². The molecule has 0 bridgehead atoms. The Bertz CT molecular complexity index is 70.8. The first-order valence-corrected chi connectivity index (χ1v) is 2.26. The largest absolute Gasteiger partial charge is 0.469 e. The number of hydrogen-bond acceptors (Lipinski definition) is 2. The van der Waals surface area contributed by atoms with Gasteiger partial charge in [0, 0.05) is 1.43 Å². The highest BCUT2D eigenvalue weighted by Gasteiger charge is 2.03. The minimum absolute atomic E-state index is 0. The van der Waals surface area contributed by atoms with Crippen molar-refractivity contribution in [1.29, 1.82) is 0 Å². The average Bonchev–Trinajstić information content (AvgIpc) is 1.65. The van der Waals surface area contributed by atoms with E-state index in [1.807, 2.05) is 0 Å². The fourth-order valence-corrected chi connectivity index (χ4v) is 0.236. The van der Waals surface area contributed by atoms with E-state index < -0.39 is 0 Å². The van der Waals surface area contributed by atoms with Crippen molar-refractivity contribution in [2.24, 2.45) is 5.92 Å². The molecule has 0 aliphatic carbocycles. The van der Waals surface area contributed by atoms with Crippen molar-refractivity contribution in [2.75, 3.05) is 7.11 Å². The summed E-state index contributed by atoms with van der Waals surface area (Å²) in [6, 6.07) is 0. The Morgan fingerprint density at radius 1 is 1.71 bits per heavy atom. The van der Waals surface area contributed by atoms with E-state index >= 15 is 0 Å². The SMILES string of the molecule is COC(=O)C(C)C.[HH]. The summed E-state index contributed by atoms with van der Waals surface area (Å²) in [4.78, 5) is 10.3. The maximum Gasteiger partial charge on any atom is 0.308 e. The number of carbonyl (C=O) groups is 1. The van der Waals surface area contributed by atoms with Crippen molar-refractivity contribution in [3.63, 3.8) is 0 Å². The third-order valence-corrected chi connectivity index (χ3v) is 0.673. The summed E-state index contributed by atoms with van der Waals surface area (Å²) >= 11 is 0. The molecule has 0 aliphatic rings. The van der Waals surface area contributed by atoms with Crippen molar-refractivity contribution < 1.29 is 11.0 Å². The Hall–Kier alpha value is -0.530. The van der Waals surface area contributed by atoms with E-state index in [0.717, 1.165) is 0 Å². The van der Waals surface area contributed by atoms with Gasteiger partial charge in [-0.2, -0.15) is 0 Å². The van der Waals surface area contributed by atoms with Crippen LogP contribution in [-0.2, 0) is 9.53 Å². The van der Waals surface area contributed by atoms with Gasteiger partial charge in [-0.3, -0.25) is 4.79 Å². The highest BCUT2D eigenvalue weighted by molar-refractivity contribution is 5.71. The van der Waals surface area contributed by atoms with Gasteiger partial charge in [-0.05, 0) is 0 Å². The van der Waals surface area contributed by atoms with E-state index in [0.29, 0.717) is 0 Å². The fraction of sp³-hybridized carbons (Fsp3) is 0.800. The van der Waals surface area contributed by atoms with E-state index in [1.54, 1.807) is 13.8 Å². The molecular formula is C5H12O2. The van der Waals surface area contributed by atoms with Gasteiger partial charge in [0.2, 0.25) is 0 Å². The van der Waals surface area contributed by atoms with Crippen LogP contribution in [0.5, 0.6) is 0 Å². The van der Waals surface area contributed by atoms with Crippen LogP contribution in [0.25, 0.3) is 0 Å². The van der Waals surface area contributed by atoms with Crippen LogP contribution in [0.1, 0.15) is 15.3 Å². The molecule has 0 radical (unpaired) electrons. The molecule has 0 heterocycles. The number of esters is 1. The normalized spacial score (nSPS) is 9.14. The van der Waals surface area contributed by atoms with Crippen LogP contribution in [0.2, 0.25) is 0 Å². The second kappa shape index (κ2) is 2.61. The minimum atomic E-state index is -0.153. The van der Waals surface area contributed by atoms with Gasteiger partial charge >= 0.3 is 5.97 Å². The fourth-order valence-electron chi connectivity index (χ4n) is 0.236. The second-order valence-corrected chi connectivity index (χ2v) is 1.68. The quantitative estimate of drug-likeness (QED) is 0.465. The zero-order valence-electron chi connectivity index (χ0n) is 4.89. The van der Waals surface area contributed by atoms with Gasteiger partial charge in [-0.15, -0.1) is 0 Å². The lowest BCUT2D eigenvalue weighted by atomic mass is 10.2. The highest BCUT2D eigenvalue weighted by atomic mass is 16.5. The molecule has 0 N–H and O–H groups in total. The summed E-state index contributed by atoms with van der Waals surface area (Å²) in [6.45, 7) is 3.59. The first-order chi connectivity index (χ1) is 3.18. The van der Waals surface area contributed by atoms with Crippen LogP contribution < -0.4 is 0 Å². The molecular weight excluding hydrogens is 92.1 g/mol. The average molecular weight is 104 g/mol. The minimum Gasteiger partial charge on any atom is -0.469 e. The van der Waals surface area contributed by atoms with E-state index in [9.17, 15) is 4.79 Å². The van der Waals surface area contributed by atoms with Crippen molar-refractivity contribution in [2.45, 2.75) is 13.8 Å². The van der Waals surface area contributed by atoms with Crippen molar-refractivity contribution in [3.8, 4) is 0 Å². The molecule has 44 valence electrons. The summed E-state index contributed by atoms with van der Waals surface area (Å²) in [5.41, 5.74) is 0. The zero-order chi connectivity index (χ0) is 5.86. The van der Waals surface area contributed by atoms with Gasteiger partial charge in [0.25, 0.3) is 0 Å². The van der Waals surface area contributed by atoms with Crippen LogP contribution >= 0.6 is 0 Å². The summed E-state index contributed by atoms with van der Waals surface area (Å²) in [7, 11) is 1.39. The molecule has 0 unspecified atom stereocenters. The lowest BCUT2D eigenvalue weighted by molar-refractivity contribution is -0.144. The summed E-state index contributed by atoms with van der Waals surface area (Å²) in [5.74, 6) is -0.148. The molecule has 0 saturated heterocycles. The van der Waals surface area contributed by atoms with E-state index in [4.69, 9.17) is 0 Å². The number of carbonyl (C=O) groups excluding carboxylic acids is 1. The molecule has 0 spiro atoms. The number of rotatable bonds is 1. The molecule has 0 saturated carbocycles. The van der Waals surface area contributed by atoms with Crippen LogP contribution in [0.4, 0.5) is 0 Å². The number of methoxy groups -OCH3 is 1. The second-order valence-electron chi connectivity index (χ2n) is 1.68. The molecule has 0 aromatic rings. The maximum atomic E-state index is 10.3. The molecule has 2 nitrogen and oxygen atoms in total. The summed E-state index contributed by atoms with van der Waals surface area (Å²) in [5, 5.41) is 0.